The fraction of sp³-hybridized carbons (Fsp3) is 0.632. The van der Waals surface area contributed by atoms with E-state index >= 15 is 0 Å². The maximum atomic E-state index is 12.3. The summed E-state index contributed by atoms with van der Waals surface area (Å²) in [5.41, 5.74) is 7.84. The Morgan fingerprint density at radius 3 is 2.42 bits per heavy atom. The molecule has 0 bridgehead atoms. The molecule has 0 aliphatic carbocycles. The lowest BCUT2D eigenvalue weighted by molar-refractivity contribution is -0.0575. The predicted molar refractivity (Wildman–Crippen MR) is 94.8 cm³/mol. The highest BCUT2D eigenvalue weighted by Gasteiger charge is 2.42. The second kappa shape index (κ2) is 6.73. The van der Waals surface area contributed by atoms with E-state index in [2.05, 4.69) is 6.07 Å². The maximum Gasteiger partial charge on any atom is 0.410 e. The van der Waals surface area contributed by atoms with E-state index in [1.807, 2.05) is 46.8 Å². The minimum Gasteiger partial charge on any atom is -0.444 e. The molecule has 3 N–H and O–H groups in total. The summed E-state index contributed by atoms with van der Waals surface area (Å²) in [6.45, 7) is 10.3. The quantitative estimate of drug-likeness (QED) is 0.871. The van der Waals surface area contributed by atoms with Gasteiger partial charge in [-0.2, -0.15) is 0 Å². The van der Waals surface area contributed by atoms with Crippen LogP contribution in [0.2, 0.25) is 0 Å². The van der Waals surface area contributed by atoms with Crippen LogP contribution in [0.4, 0.5) is 4.79 Å². The van der Waals surface area contributed by atoms with Crippen molar-refractivity contribution < 1.29 is 14.6 Å². The van der Waals surface area contributed by atoms with E-state index in [0.29, 0.717) is 19.4 Å². The molecule has 0 radical (unpaired) electrons. The maximum absolute atomic E-state index is 12.3. The molecule has 0 saturated carbocycles. The molecule has 1 saturated heterocycles. The molecular weight excluding hydrogens is 304 g/mol. The molecule has 1 aliphatic rings. The molecule has 1 heterocycles. The molecule has 2 unspecified atom stereocenters. The average molecular weight is 334 g/mol. The second-order valence-corrected chi connectivity index (χ2v) is 8.01. The van der Waals surface area contributed by atoms with Crippen LogP contribution in [0.3, 0.4) is 0 Å². The van der Waals surface area contributed by atoms with Crippen LogP contribution in [0.5, 0.6) is 0 Å². The third kappa shape index (κ3) is 4.48. The van der Waals surface area contributed by atoms with Gasteiger partial charge in [-0.25, -0.2) is 4.79 Å². The molecule has 1 aliphatic heterocycles. The first-order valence-electron chi connectivity index (χ1n) is 8.54. The molecule has 1 aromatic carbocycles. The Balaban J connectivity index is 2.17. The first-order chi connectivity index (χ1) is 11.0. The lowest BCUT2D eigenvalue weighted by Gasteiger charge is -2.43. The van der Waals surface area contributed by atoms with Gasteiger partial charge in [0.15, 0.2) is 0 Å². The molecule has 1 fully saturated rings. The number of piperidine rings is 1. The van der Waals surface area contributed by atoms with Gasteiger partial charge in [0, 0.05) is 6.54 Å². The number of β-amino-alcohol motifs (C(OH)–C–C–N with tert-alkyl or cyclic N) is 1. The summed E-state index contributed by atoms with van der Waals surface area (Å²) < 4.78 is 5.43. The fourth-order valence-corrected chi connectivity index (χ4v) is 3.30. The molecule has 0 aromatic heterocycles. The summed E-state index contributed by atoms with van der Waals surface area (Å²) in [7, 11) is 0. The highest BCUT2D eigenvalue weighted by atomic mass is 16.6. The van der Waals surface area contributed by atoms with Crippen molar-refractivity contribution >= 4 is 6.09 Å². The van der Waals surface area contributed by atoms with Gasteiger partial charge in [-0.1, -0.05) is 29.3 Å². The van der Waals surface area contributed by atoms with Gasteiger partial charge in [0.1, 0.15) is 11.2 Å². The Morgan fingerprint density at radius 1 is 1.29 bits per heavy atom. The topological polar surface area (TPSA) is 75.8 Å². The summed E-state index contributed by atoms with van der Waals surface area (Å²) >= 11 is 0. The van der Waals surface area contributed by atoms with E-state index in [1.165, 1.54) is 0 Å². The molecule has 2 rings (SSSR count). The molecule has 0 spiro atoms. The fourth-order valence-electron chi connectivity index (χ4n) is 3.30. The number of nitrogens with zero attached hydrogens (tertiary/aromatic N) is 1. The summed E-state index contributed by atoms with van der Waals surface area (Å²) in [4.78, 5) is 13.9. The average Bonchev–Trinajstić information content (AvgIpc) is 2.43. The summed E-state index contributed by atoms with van der Waals surface area (Å²) in [5.74, 6) is 0. The zero-order valence-corrected chi connectivity index (χ0v) is 15.4. The highest BCUT2D eigenvalue weighted by molar-refractivity contribution is 5.68. The van der Waals surface area contributed by atoms with Crippen molar-refractivity contribution in [3.05, 3.63) is 34.9 Å². The Labute approximate surface area is 144 Å². The van der Waals surface area contributed by atoms with Crippen molar-refractivity contribution in [3.8, 4) is 0 Å². The van der Waals surface area contributed by atoms with Gasteiger partial charge < -0.3 is 20.5 Å². The van der Waals surface area contributed by atoms with Crippen molar-refractivity contribution in [2.45, 2.75) is 64.7 Å². The van der Waals surface area contributed by atoms with Gasteiger partial charge in [0.05, 0.1) is 12.6 Å². The molecule has 1 aromatic rings. The minimum atomic E-state index is -1.14. The van der Waals surface area contributed by atoms with Gasteiger partial charge >= 0.3 is 6.09 Å². The second-order valence-electron chi connectivity index (χ2n) is 8.01. The number of hydrogen-bond acceptors (Lipinski definition) is 4. The van der Waals surface area contributed by atoms with Crippen LogP contribution in [0.15, 0.2) is 18.2 Å². The van der Waals surface area contributed by atoms with Crippen LogP contribution < -0.4 is 5.73 Å². The first-order valence-corrected chi connectivity index (χ1v) is 8.54. The van der Waals surface area contributed by atoms with E-state index in [0.717, 1.165) is 16.7 Å². The Bertz CT molecular complexity index is 589. The number of carbonyl (C=O) groups is 1. The van der Waals surface area contributed by atoms with E-state index in [9.17, 15) is 9.90 Å². The Morgan fingerprint density at radius 2 is 1.88 bits per heavy atom. The normalized spacial score (nSPS) is 23.0. The first kappa shape index (κ1) is 18.7. The predicted octanol–water partition coefficient (Wildman–Crippen LogP) is 3.07. The van der Waals surface area contributed by atoms with Crippen LogP contribution in [0.1, 0.15) is 56.3 Å². The van der Waals surface area contributed by atoms with Gasteiger partial charge in [-0.05, 0) is 53.0 Å². The van der Waals surface area contributed by atoms with Crippen LogP contribution in [0, 0.1) is 13.8 Å². The number of aliphatic hydroxyl groups is 1. The highest BCUT2D eigenvalue weighted by Crippen LogP contribution is 2.33. The Kier molecular flexibility index (Phi) is 5.25. The molecule has 2 atom stereocenters. The summed E-state index contributed by atoms with van der Waals surface area (Å²) in [5, 5.41) is 11.1. The molecule has 24 heavy (non-hydrogen) atoms. The van der Waals surface area contributed by atoms with E-state index in [-0.39, 0.29) is 6.54 Å². The van der Waals surface area contributed by atoms with Gasteiger partial charge in [-0.3, -0.25) is 0 Å². The van der Waals surface area contributed by atoms with E-state index in [1.54, 1.807) is 4.90 Å². The number of likely N-dealkylation sites (tertiary alicyclic amines) is 1. The number of nitrogens with two attached hydrogens (primary N) is 1. The zero-order valence-electron chi connectivity index (χ0n) is 15.4. The van der Waals surface area contributed by atoms with Crippen LogP contribution in [0.25, 0.3) is 0 Å². The van der Waals surface area contributed by atoms with Gasteiger partial charge in [0.25, 0.3) is 0 Å². The number of carbonyl (C=O) groups excluding carboxylic acids is 1. The number of hydrogen-bond donors (Lipinski definition) is 2. The van der Waals surface area contributed by atoms with E-state index < -0.39 is 23.3 Å². The largest absolute Gasteiger partial charge is 0.444 e. The van der Waals surface area contributed by atoms with Crippen LogP contribution >= 0.6 is 0 Å². The van der Waals surface area contributed by atoms with Crippen molar-refractivity contribution in [2.24, 2.45) is 5.73 Å². The lowest BCUT2D eigenvalue weighted by atomic mass is 9.82. The molecule has 134 valence electrons. The van der Waals surface area contributed by atoms with Crippen molar-refractivity contribution in [3.63, 3.8) is 0 Å². The number of ether oxygens (including phenoxy) is 1. The van der Waals surface area contributed by atoms with Crippen molar-refractivity contribution in [2.75, 3.05) is 13.1 Å². The number of benzene rings is 1. The SMILES string of the molecule is Cc1cc(C)cc(C(N)C2(O)CCCN(C(=O)OC(C)(C)C)C2)c1. The zero-order chi connectivity index (χ0) is 18.1. The van der Waals surface area contributed by atoms with Crippen molar-refractivity contribution in [1.29, 1.82) is 0 Å². The minimum absolute atomic E-state index is 0.191. The third-order valence-electron chi connectivity index (χ3n) is 4.34. The van der Waals surface area contributed by atoms with Crippen LogP contribution in [-0.2, 0) is 4.74 Å². The van der Waals surface area contributed by atoms with E-state index in [4.69, 9.17) is 10.5 Å². The lowest BCUT2D eigenvalue weighted by Crippen LogP contribution is -2.56. The van der Waals surface area contributed by atoms with Gasteiger partial charge in [-0.15, -0.1) is 0 Å². The van der Waals surface area contributed by atoms with Crippen molar-refractivity contribution in [1.82, 2.24) is 4.90 Å². The molecule has 5 heteroatoms. The smallest absolute Gasteiger partial charge is 0.410 e. The monoisotopic (exact) mass is 334 g/mol. The van der Waals surface area contributed by atoms with Gasteiger partial charge in [0.2, 0.25) is 0 Å². The van der Waals surface area contributed by atoms with Crippen LogP contribution in [-0.4, -0.2) is 40.4 Å². The summed E-state index contributed by atoms with van der Waals surface area (Å²) in [6, 6.07) is 5.54. The summed E-state index contributed by atoms with van der Waals surface area (Å²) in [6.07, 6.45) is 0.877. The molecule has 1 amide bonds. The number of rotatable bonds is 2. The molecule has 5 nitrogen and oxygen atoms in total. The standard InChI is InChI=1S/C19H30N2O3/c1-13-9-14(2)11-15(10-13)16(20)19(23)7-6-8-21(12-19)17(22)24-18(3,4)5/h9-11,16,23H,6-8,12,20H2,1-5H3. The Hall–Kier alpha value is -1.59. The number of amides is 1. The third-order valence-corrected chi connectivity index (χ3v) is 4.34. The molecular formula is C19H30N2O3. The number of aryl methyl sites for hydroxylation is 2.